The van der Waals surface area contributed by atoms with Crippen molar-refractivity contribution in [3.63, 3.8) is 0 Å². The Morgan fingerprint density at radius 2 is 1.96 bits per heavy atom. The molecular formula is C21H25ClN4O. The first-order valence-electron chi connectivity index (χ1n) is 9.32. The minimum atomic E-state index is 0.0357. The topological polar surface area (TPSA) is 61.0 Å². The smallest absolute Gasteiger partial charge is 0.234 e. The molecule has 0 aliphatic rings. The van der Waals surface area contributed by atoms with Crippen LogP contribution in [0.5, 0.6) is 0 Å². The normalized spacial score (nSPS) is 11.2. The second-order valence-corrected chi connectivity index (χ2v) is 6.96. The van der Waals surface area contributed by atoms with Crippen LogP contribution in [-0.2, 0) is 17.8 Å². The largest absolute Gasteiger partial charge is 0.355 e. The number of benzene rings is 2. The highest BCUT2D eigenvalue weighted by Crippen LogP contribution is 2.16. The molecule has 6 heteroatoms. The molecule has 0 aliphatic heterocycles. The maximum absolute atomic E-state index is 12.2. The van der Waals surface area contributed by atoms with Crippen LogP contribution in [0.25, 0.3) is 11.0 Å². The van der Waals surface area contributed by atoms with Crippen molar-refractivity contribution in [2.24, 2.45) is 0 Å². The Morgan fingerprint density at radius 1 is 1.19 bits per heavy atom. The van der Waals surface area contributed by atoms with Gasteiger partial charge < -0.3 is 10.3 Å². The molecule has 1 amide bonds. The molecule has 0 radical (unpaired) electrons. The summed E-state index contributed by atoms with van der Waals surface area (Å²) < 4.78 is 0. The molecule has 0 saturated carbocycles. The summed E-state index contributed by atoms with van der Waals surface area (Å²) >= 11 is 6.22. The summed E-state index contributed by atoms with van der Waals surface area (Å²) in [6, 6.07) is 15.7. The lowest BCUT2D eigenvalue weighted by Crippen LogP contribution is -2.37. The van der Waals surface area contributed by atoms with Gasteiger partial charge in [-0.15, -0.1) is 0 Å². The molecule has 0 aliphatic carbocycles. The van der Waals surface area contributed by atoms with E-state index in [-0.39, 0.29) is 5.91 Å². The van der Waals surface area contributed by atoms with Crippen molar-refractivity contribution in [2.45, 2.75) is 26.3 Å². The van der Waals surface area contributed by atoms with Crippen LogP contribution in [0.3, 0.4) is 0 Å². The second kappa shape index (κ2) is 9.53. The summed E-state index contributed by atoms with van der Waals surface area (Å²) in [5, 5.41) is 3.73. The fraction of sp³-hybridized carbons (Fsp3) is 0.333. The molecule has 3 rings (SSSR count). The van der Waals surface area contributed by atoms with E-state index in [0.717, 1.165) is 46.8 Å². The number of nitrogens with one attached hydrogen (secondary N) is 2. The minimum Gasteiger partial charge on any atom is -0.355 e. The number of aromatic nitrogens is 2. The third-order valence-electron chi connectivity index (χ3n) is 4.52. The minimum absolute atomic E-state index is 0.0357. The van der Waals surface area contributed by atoms with Crippen molar-refractivity contribution < 1.29 is 4.79 Å². The first-order chi connectivity index (χ1) is 13.2. The van der Waals surface area contributed by atoms with Crippen LogP contribution in [0.2, 0.25) is 5.02 Å². The molecule has 1 aromatic heterocycles. The van der Waals surface area contributed by atoms with E-state index in [1.54, 1.807) is 0 Å². The molecule has 0 atom stereocenters. The Balaban J connectivity index is 1.41. The van der Waals surface area contributed by atoms with Gasteiger partial charge in [-0.05, 0) is 36.7 Å². The zero-order chi connectivity index (χ0) is 19.1. The van der Waals surface area contributed by atoms with E-state index in [2.05, 4.69) is 20.2 Å². The number of H-pyrrole nitrogens is 1. The lowest BCUT2D eigenvalue weighted by Gasteiger charge is -2.20. The molecule has 0 spiro atoms. The molecule has 0 bridgehead atoms. The molecule has 1 heterocycles. The van der Waals surface area contributed by atoms with Crippen LogP contribution in [0.1, 0.15) is 24.7 Å². The summed E-state index contributed by atoms with van der Waals surface area (Å²) in [5.74, 6) is 0.993. The average molecular weight is 385 g/mol. The van der Waals surface area contributed by atoms with Crippen molar-refractivity contribution in [3.8, 4) is 0 Å². The highest BCUT2D eigenvalue weighted by Gasteiger charge is 2.11. The van der Waals surface area contributed by atoms with Gasteiger partial charge in [0.25, 0.3) is 0 Å². The second-order valence-electron chi connectivity index (χ2n) is 6.55. The van der Waals surface area contributed by atoms with Crippen molar-refractivity contribution in [3.05, 3.63) is 64.9 Å². The molecule has 0 fully saturated rings. The van der Waals surface area contributed by atoms with Gasteiger partial charge >= 0.3 is 0 Å². The third kappa shape index (κ3) is 5.55. The number of hydrogen-bond donors (Lipinski definition) is 2. The maximum Gasteiger partial charge on any atom is 0.234 e. The van der Waals surface area contributed by atoms with Gasteiger partial charge in [0.1, 0.15) is 5.82 Å². The van der Waals surface area contributed by atoms with Crippen molar-refractivity contribution in [1.29, 1.82) is 0 Å². The fourth-order valence-corrected chi connectivity index (χ4v) is 3.21. The van der Waals surface area contributed by atoms with Crippen LogP contribution in [0.4, 0.5) is 0 Å². The van der Waals surface area contributed by atoms with Crippen LogP contribution >= 0.6 is 11.6 Å². The number of imidazole rings is 1. The quantitative estimate of drug-likeness (QED) is 0.552. The van der Waals surface area contributed by atoms with E-state index >= 15 is 0 Å². The number of hydrogen-bond acceptors (Lipinski definition) is 3. The predicted octanol–water partition coefficient (Wildman–Crippen LogP) is 3.79. The molecule has 142 valence electrons. The monoisotopic (exact) mass is 384 g/mol. The van der Waals surface area contributed by atoms with E-state index in [0.29, 0.717) is 19.6 Å². The first kappa shape index (κ1) is 19.4. The standard InChI is InChI=1S/C21H25ClN4O/c1-2-26(14-16-8-3-4-9-17(16)22)15-21(27)23-13-7-12-20-24-18-10-5-6-11-19(18)25-20/h3-6,8-11H,2,7,12-15H2,1H3,(H,23,27)(H,24,25). The number of carbonyl (C=O) groups is 1. The molecule has 2 N–H and O–H groups in total. The summed E-state index contributed by atoms with van der Waals surface area (Å²) in [6.45, 7) is 4.51. The van der Waals surface area contributed by atoms with Gasteiger partial charge in [-0.25, -0.2) is 4.98 Å². The zero-order valence-electron chi connectivity index (χ0n) is 15.5. The number of halogens is 1. The summed E-state index contributed by atoms with van der Waals surface area (Å²) in [7, 11) is 0. The molecule has 2 aromatic carbocycles. The van der Waals surface area contributed by atoms with Crippen molar-refractivity contribution >= 4 is 28.5 Å². The highest BCUT2D eigenvalue weighted by molar-refractivity contribution is 6.31. The van der Waals surface area contributed by atoms with Gasteiger partial charge in [-0.2, -0.15) is 0 Å². The van der Waals surface area contributed by atoms with Crippen LogP contribution in [0.15, 0.2) is 48.5 Å². The lowest BCUT2D eigenvalue weighted by molar-refractivity contribution is -0.122. The Labute approximate surface area is 164 Å². The number of fused-ring (bicyclic) bond motifs is 1. The molecule has 0 saturated heterocycles. The Bertz CT molecular complexity index is 860. The first-order valence-corrected chi connectivity index (χ1v) is 9.69. The predicted molar refractivity (Wildman–Crippen MR) is 110 cm³/mol. The molecule has 5 nitrogen and oxygen atoms in total. The SMILES string of the molecule is CCN(CC(=O)NCCCc1nc2ccccc2[nH]1)Cc1ccccc1Cl. The van der Waals surface area contributed by atoms with E-state index in [1.807, 2.05) is 55.5 Å². The maximum atomic E-state index is 12.2. The summed E-state index contributed by atoms with van der Waals surface area (Å²) in [5.41, 5.74) is 3.07. The van der Waals surface area contributed by atoms with Gasteiger partial charge in [0.2, 0.25) is 5.91 Å². The number of rotatable bonds is 9. The molecular weight excluding hydrogens is 360 g/mol. The zero-order valence-corrected chi connectivity index (χ0v) is 16.3. The lowest BCUT2D eigenvalue weighted by atomic mass is 10.2. The molecule has 27 heavy (non-hydrogen) atoms. The molecule has 3 aromatic rings. The van der Waals surface area contributed by atoms with Crippen molar-refractivity contribution in [2.75, 3.05) is 19.6 Å². The number of nitrogens with zero attached hydrogens (tertiary/aromatic N) is 2. The van der Waals surface area contributed by atoms with Gasteiger partial charge in [0.05, 0.1) is 17.6 Å². The number of likely N-dealkylation sites (N-methyl/N-ethyl adjacent to an activating group) is 1. The van der Waals surface area contributed by atoms with Gasteiger partial charge in [-0.3, -0.25) is 9.69 Å². The number of para-hydroxylation sites is 2. The Kier molecular flexibility index (Phi) is 6.85. The van der Waals surface area contributed by atoms with Gasteiger partial charge in [0, 0.05) is 24.5 Å². The van der Waals surface area contributed by atoms with Gasteiger partial charge in [-0.1, -0.05) is 48.9 Å². The highest BCUT2D eigenvalue weighted by atomic mass is 35.5. The number of aryl methyl sites for hydroxylation is 1. The number of amides is 1. The number of carbonyl (C=O) groups excluding carboxylic acids is 1. The number of aromatic amines is 1. The molecule has 0 unspecified atom stereocenters. The third-order valence-corrected chi connectivity index (χ3v) is 4.89. The van der Waals surface area contributed by atoms with Crippen LogP contribution in [-0.4, -0.2) is 40.4 Å². The van der Waals surface area contributed by atoms with E-state index < -0.39 is 0 Å². The van der Waals surface area contributed by atoms with Gasteiger partial charge in [0.15, 0.2) is 0 Å². The fourth-order valence-electron chi connectivity index (χ4n) is 3.01. The van der Waals surface area contributed by atoms with E-state index in [1.165, 1.54) is 0 Å². The summed E-state index contributed by atoms with van der Waals surface area (Å²) in [6.07, 6.45) is 1.66. The Morgan fingerprint density at radius 3 is 2.74 bits per heavy atom. The van der Waals surface area contributed by atoms with Crippen molar-refractivity contribution in [1.82, 2.24) is 20.2 Å². The summed E-state index contributed by atoms with van der Waals surface area (Å²) in [4.78, 5) is 22.2. The average Bonchev–Trinajstić information content (AvgIpc) is 3.09. The van der Waals surface area contributed by atoms with E-state index in [9.17, 15) is 4.79 Å². The Hall–Kier alpha value is -2.37. The van der Waals surface area contributed by atoms with Crippen LogP contribution < -0.4 is 5.32 Å². The van der Waals surface area contributed by atoms with Crippen LogP contribution in [0, 0.1) is 0 Å². The van der Waals surface area contributed by atoms with E-state index in [4.69, 9.17) is 11.6 Å².